The summed E-state index contributed by atoms with van der Waals surface area (Å²) in [6.45, 7) is 0. The molecular formula is C20H19NO4S. The maximum absolute atomic E-state index is 12.8. The van der Waals surface area contributed by atoms with Crippen LogP contribution in [0.5, 0.6) is 0 Å². The van der Waals surface area contributed by atoms with E-state index in [0.29, 0.717) is 0 Å². The molecule has 0 unspecified atom stereocenters. The van der Waals surface area contributed by atoms with Crippen LogP contribution in [0.25, 0.3) is 10.8 Å². The van der Waals surface area contributed by atoms with Crippen LogP contribution in [-0.4, -0.2) is 27.5 Å². The van der Waals surface area contributed by atoms with Gasteiger partial charge in [0.15, 0.2) is 0 Å². The maximum atomic E-state index is 12.8. The van der Waals surface area contributed by atoms with Crippen LogP contribution in [0, 0.1) is 0 Å². The quantitative estimate of drug-likeness (QED) is 0.678. The molecule has 0 saturated carbocycles. The van der Waals surface area contributed by atoms with E-state index in [-0.39, 0.29) is 11.3 Å². The van der Waals surface area contributed by atoms with E-state index in [9.17, 15) is 13.2 Å². The molecule has 0 radical (unpaired) electrons. The molecule has 0 amide bonds. The summed E-state index contributed by atoms with van der Waals surface area (Å²) in [5.74, 6) is -0.627. The first-order valence-corrected chi connectivity index (χ1v) is 9.61. The van der Waals surface area contributed by atoms with E-state index in [1.54, 1.807) is 12.1 Å². The lowest BCUT2D eigenvalue weighted by molar-refractivity contribution is -0.142. The monoisotopic (exact) mass is 369 g/mol. The van der Waals surface area contributed by atoms with Crippen molar-refractivity contribution in [2.45, 2.75) is 17.4 Å². The molecule has 0 bridgehead atoms. The lowest BCUT2D eigenvalue weighted by Gasteiger charge is -2.17. The van der Waals surface area contributed by atoms with Gasteiger partial charge in [-0.1, -0.05) is 60.7 Å². The van der Waals surface area contributed by atoms with Gasteiger partial charge in [0, 0.05) is 0 Å². The molecular weight excluding hydrogens is 350 g/mol. The number of rotatable bonds is 6. The summed E-state index contributed by atoms with van der Waals surface area (Å²) in [5, 5.41) is 1.76. The van der Waals surface area contributed by atoms with Crippen molar-refractivity contribution >= 4 is 26.8 Å². The number of methoxy groups -OCH3 is 1. The largest absolute Gasteiger partial charge is 0.468 e. The normalized spacial score (nSPS) is 12.7. The van der Waals surface area contributed by atoms with Crippen LogP contribution >= 0.6 is 0 Å². The zero-order valence-electron chi connectivity index (χ0n) is 14.3. The molecule has 0 saturated heterocycles. The van der Waals surface area contributed by atoms with Crippen molar-refractivity contribution in [1.82, 2.24) is 4.72 Å². The Morgan fingerprint density at radius 3 is 2.31 bits per heavy atom. The molecule has 134 valence electrons. The fourth-order valence-corrected chi connectivity index (χ4v) is 3.97. The predicted molar refractivity (Wildman–Crippen MR) is 100 cm³/mol. The summed E-state index contributed by atoms with van der Waals surface area (Å²) in [6.07, 6.45) is 0.209. The SMILES string of the molecule is COC(=O)[C@H](Cc1ccccc1)NS(=O)(=O)c1ccc2ccccc2c1. The van der Waals surface area contributed by atoms with Gasteiger partial charge in [-0.15, -0.1) is 0 Å². The van der Waals surface area contributed by atoms with Crippen LogP contribution in [0.4, 0.5) is 0 Å². The number of ether oxygens (including phenoxy) is 1. The smallest absolute Gasteiger partial charge is 0.324 e. The molecule has 0 fully saturated rings. The molecule has 3 rings (SSSR count). The standard InChI is InChI=1S/C20H19NO4S/c1-25-20(22)19(13-15-7-3-2-4-8-15)21-26(23,24)18-12-11-16-9-5-6-10-17(16)14-18/h2-12,14,19,21H,13H2,1H3/t19-/m0/s1. The van der Waals surface area contributed by atoms with E-state index in [0.717, 1.165) is 16.3 Å². The first kappa shape index (κ1) is 18.1. The van der Waals surface area contributed by atoms with Gasteiger partial charge in [-0.2, -0.15) is 4.72 Å². The van der Waals surface area contributed by atoms with Gasteiger partial charge in [0.2, 0.25) is 10.0 Å². The van der Waals surface area contributed by atoms with Crippen LogP contribution in [-0.2, 0) is 26.0 Å². The molecule has 26 heavy (non-hydrogen) atoms. The summed E-state index contributed by atoms with van der Waals surface area (Å²) in [6, 6.07) is 20.5. The second-order valence-corrected chi connectivity index (χ2v) is 7.61. The number of carbonyl (C=O) groups excluding carboxylic acids is 1. The second kappa shape index (κ2) is 7.68. The zero-order chi connectivity index (χ0) is 18.6. The highest BCUT2D eigenvalue weighted by molar-refractivity contribution is 7.89. The summed E-state index contributed by atoms with van der Waals surface area (Å²) < 4.78 is 32.8. The van der Waals surface area contributed by atoms with Crippen molar-refractivity contribution in [1.29, 1.82) is 0 Å². The summed E-state index contributed by atoms with van der Waals surface area (Å²) >= 11 is 0. The van der Waals surface area contributed by atoms with Gasteiger partial charge in [0.25, 0.3) is 0 Å². The number of fused-ring (bicyclic) bond motifs is 1. The van der Waals surface area contributed by atoms with Crippen LogP contribution < -0.4 is 4.72 Å². The highest BCUT2D eigenvalue weighted by atomic mass is 32.2. The molecule has 0 aliphatic rings. The number of benzene rings is 3. The van der Waals surface area contributed by atoms with E-state index in [1.807, 2.05) is 54.6 Å². The van der Waals surface area contributed by atoms with Gasteiger partial charge < -0.3 is 4.74 Å². The van der Waals surface area contributed by atoms with Crippen LogP contribution in [0.15, 0.2) is 77.7 Å². The molecule has 0 spiro atoms. The van der Waals surface area contributed by atoms with Crippen molar-refractivity contribution in [3.63, 3.8) is 0 Å². The third-order valence-electron chi connectivity index (χ3n) is 4.10. The van der Waals surface area contributed by atoms with E-state index >= 15 is 0 Å². The first-order chi connectivity index (χ1) is 12.5. The molecule has 1 N–H and O–H groups in total. The molecule has 0 aliphatic carbocycles. The molecule has 0 aliphatic heterocycles. The molecule has 3 aromatic rings. The Hall–Kier alpha value is -2.70. The van der Waals surface area contributed by atoms with Gasteiger partial charge in [-0.05, 0) is 34.9 Å². The fourth-order valence-electron chi connectivity index (χ4n) is 2.76. The van der Waals surface area contributed by atoms with Crippen LogP contribution in [0.1, 0.15) is 5.56 Å². The van der Waals surface area contributed by atoms with Crippen LogP contribution in [0.3, 0.4) is 0 Å². The Morgan fingerprint density at radius 2 is 1.62 bits per heavy atom. The van der Waals surface area contributed by atoms with E-state index < -0.39 is 22.0 Å². The Balaban J connectivity index is 1.89. The second-order valence-electron chi connectivity index (χ2n) is 5.90. The predicted octanol–water partition coefficient (Wildman–Crippen LogP) is 2.90. The van der Waals surface area contributed by atoms with E-state index in [2.05, 4.69) is 4.72 Å². The van der Waals surface area contributed by atoms with Crippen molar-refractivity contribution in [2.75, 3.05) is 7.11 Å². The molecule has 6 heteroatoms. The number of sulfonamides is 1. The number of carbonyl (C=O) groups is 1. The maximum Gasteiger partial charge on any atom is 0.324 e. The highest BCUT2D eigenvalue weighted by Gasteiger charge is 2.26. The third kappa shape index (κ3) is 4.09. The molecule has 1 atom stereocenters. The number of hydrogen-bond acceptors (Lipinski definition) is 4. The Labute approximate surface area is 152 Å². The first-order valence-electron chi connectivity index (χ1n) is 8.12. The Kier molecular flexibility index (Phi) is 5.35. The van der Waals surface area contributed by atoms with Gasteiger partial charge in [0.05, 0.1) is 12.0 Å². The Bertz CT molecular complexity index is 1020. The topological polar surface area (TPSA) is 72.5 Å². The lowest BCUT2D eigenvalue weighted by Crippen LogP contribution is -2.42. The molecule has 3 aromatic carbocycles. The van der Waals surface area contributed by atoms with Crippen molar-refractivity contribution in [3.05, 3.63) is 78.4 Å². The minimum Gasteiger partial charge on any atom is -0.468 e. The molecule has 5 nitrogen and oxygen atoms in total. The van der Waals surface area contributed by atoms with Crippen LogP contribution in [0.2, 0.25) is 0 Å². The average Bonchev–Trinajstić information content (AvgIpc) is 2.67. The summed E-state index contributed by atoms with van der Waals surface area (Å²) in [5.41, 5.74) is 0.837. The van der Waals surface area contributed by atoms with Gasteiger partial charge in [-0.3, -0.25) is 4.79 Å². The van der Waals surface area contributed by atoms with Gasteiger partial charge in [0.1, 0.15) is 6.04 Å². The minimum absolute atomic E-state index is 0.109. The summed E-state index contributed by atoms with van der Waals surface area (Å²) in [4.78, 5) is 12.2. The van der Waals surface area contributed by atoms with Crippen molar-refractivity contribution < 1.29 is 17.9 Å². The summed E-state index contributed by atoms with van der Waals surface area (Å²) in [7, 11) is -2.64. The fraction of sp³-hybridized carbons (Fsp3) is 0.150. The number of hydrogen-bond donors (Lipinski definition) is 1. The Morgan fingerprint density at radius 1 is 0.962 bits per heavy atom. The average molecular weight is 369 g/mol. The van der Waals surface area contributed by atoms with Gasteiger partial charge >= 0.3 is 5.97 Å². The van der Waals surface area contributed by atoms with E-state index in [4.69, 9.17) is 4.74 Å². The van der Waals surface area contributed by atoms with Crippen molar-refractivity contribution in [2.24, 2.45) is 0 Å². The molecule has 0 aromatic heterocycles. The van der Waals surface area contributed by atoms with E-state index in [1.165, 1.54) is 13.2 Å². The van der Waals surface area contributed by atoms with Gasteiger partial charge in [-0.25, -0.2) is 8.42 Å². The lowest BCUT2D eigenvalue weighted by atomic mass is 10.1. The molecule has 0 heterocycles. The third-order valence-corrected chi connectivity index (χ3v) is 5.57. The number of esters is 1. The minimum atomic E-state index is -3.88. The highest BCUT2D eigenvalue weighted by Crippen LogP contribution is 2.19. The van der Waals surface area contributed by atoms with Crippen molar-refractivity contribution in [3.8, 4) is 0 Å². The number of nitrogens with one attached hydrogen (secondary N) is 1. The zero-order valence-corrected chi connectivity index (χ0v) is 15.1.